The monoisotopic (exact) mass is 490 g/mol. The van der Waals surface area contributed by atoms with Crippen LogP contribution in [0.3, 0.4) is 0 Å². The van der Waals surface area contributed by atoms with Gasteiger partial charge in [-0.2, -0.15) is 0 Å². The zero-order valence-corrected chi connectivity index (χ0v) is 20.9. The van der Waals surface area contributed by atoms with Crippen LogP contribution in [-0.4, -0.2) is 65.0 Å². The molecule has 0 aliphatic carbocycles. The Balaban J connectivity index is 1.37. The fourth-order valence-corrected chi connectivity index (χ4v) is 5.21. The summed E-state index contributed by atoms with van der Waals surface area (Å²) in [5, 5.41) is 4.68. The highest BCUT2D eigenvalue weighted by molar-refractivity contribution is 7.15. The number of aromatic nitrogens is 2. The molecular formula is C26H26N4O4S. The molecule has 0 saturated carbocycles. The molecule has 1 saturated heterocycles. The van der Waals surface area contributed by atoms with E-state index in [1.165, 1.54) is 0 Å². The Hall–Kier alpha value is -3.72. The van der Waals surface area contributed by atoms with Gasteiger partial charge in [0.2, 0.25) is 0 Å². The number of thiophene rings is 1. The van der Waals surface area contributed by atoms with E-state index in [1.807, 2.05) is 51.1 Å². The van der Waals surface area contributed by atoms with Gasteiger partial charge in [-0.3, -0.25) is 9.59 Å². The van der Waals surface area contributed by atoms with E-state index in [2.05, 4.69) is 10.1 Å². The van der Waals surface area contributed by atoms with Gasteiger partial charge in [0.25, 0.3) is 17.5 Å². The summed E-state index contributed by atoms with van der Waals surface area (Å²) in [7, 11) is 1.60. The van der Waals surface area contributed by atoms with Crippen molar-refractivity contribution in [3.63, 3.8) is 0 Å². The van der Waals surface area contributed by atoms with Gasteiger partial charge in [-0.25, -0.2) is 4.98 Å². The van der Waals surface area contributed by atoms with Gasteiger partial charge in [0.1, 0.15) is 5.75 Å². The molecule has 35 heavy (non-hydrogen) atoms. The van der Waals surface area contributed by atoms with E-state index >= 15 is 0 Å². The van der Waals surface area contributed by atoms with Gasteiger partial charge in [-0.1, -0.05) is 11.2 Å². The summed E-state index contributed by atoms with van der Waals surface area (Å²) < 4.78 is 10.8. The molecule has 1 aliphatic rings. The minimum atomic E-state index is -0.109. The number of ether oxygens (including phenoxy) is 1. The average Bonchev–Trinajstić information content (AvgIpc) is 3.48. The van der Waals surface area contributed by atoms with Crippen LogP contribution in [0.15, 0.2) is 40.9 Å². The van der Waals surface area contributed by atoms with Crippen LogP contribution in [0.2, 0.25) is 0 Å². The van der Waals surface area contributed by atoms with Crippen LogP contribution in [0, 0.1) is 20.8 Å². The molecule has 8 nitrogen and oxygen atoms in total. The van der Waals surface area contributed by atoms with Gasteiger partial charge in [-0.05, 0) is 56.7 Å². The molecule has 1 fully saturated rings. The second kappa shape index (κ2) is 9.14. The van der Waals surface area contributed by atoms with Crippen LogP contribution in [-0.2, 0) is 0 Å². The van der Waals surface area contributed by atoms with Gasteiger partial charge in [0.05, 0.1) is 34.3 Å². The number of carbonyl (C=O) groups is 2. The minimum absolute atomic E-state index is 0.0630. The zero-order valence-electron chi connectivity index (χ0n) is 20.1. The predicted octanol–water partition coefficient (Wildman–Crippen LogP) is 4.48. The Morgan fingerprint density at radius 1 is 0.971 bits per heavy atom. The van der Waals surface area contributed by atoms with Crippen LogP contribution < -0.4 is 4.74 Å². The molecule has 180 valence electrons. The molecule has 9 heteroatoms. The van der Waals surface area contributed by atoms with E-state index in [4.69, 9.17) is 9.26 Å². The maximum absolute atomic E-state index is 13.6. The predicted molar refractivity (Wildman–Crippen MR) is 134 cm³/mol. The van der Waals surface area contributed by atoms with Gasteiger partial charge >= 0.3 is 0 Å². The summed E-state index contributed by atoms with van der Waals surface area (Å²) in [6.07, 6.45) is 0. The molecule has 0 spiro atoms. The summed E-state index contributed by atoms with van der Waals surface area (Å²) in [5.41, 5.74) is 3.77. The lowest BCUT2D eigenvalue weighted by atomic mass is 10.1. The highest BCUT2D eigenvalue weighted by Crippen LogP contribution is 2.32. The van der Waals surface area contributed by atoms with Crippen molar-refractivity contribution < 1.29 is 18.8 Å². The first-order valence-electron chi connectivity index (χ1n) is 11.4. The summed E-state index contributed by atoms with van der Waals surface area (Å²) in [6.45, 7) is 7.57. The van der Waals surface area contributed by atoms with Crippen molar-refractivity contribution in [2.75, 3.05) is 33.3 Å². The van der Waals surface area contributed by atoms with E-state index in [-0.39, 0.29) is 11.8 Å². The average molecular weight is 491 g/mol. The number of methoxy groups -OCH3 is 1. The lowest BCUT2D eigenvalue weighted by Crippen LogP contribution is -2.50. The summed E-state index contributed by atoms with van der Waals surface area (Å²) in [6, 6.07) is 11.3. The molecule has 1 aromatic carbocycles. The third-order valence-electron chi connectivity index (χ3n) is 6.35. The summed E-state index contributed by atoms with van der Waals surface area (Å²) in [5.74, 6) is 0.515. The van der Waals surface area contributed by atoms with E-state index in [0.717, 1.165) is 15.3 Å². The van der Waals surface area contributed by atoms with E-state index in [0.29, 0.717) is 65.5 Å². The first kappa shape index (κ1) is 23.0. The fraction of sp³-hybridized carbons (Fsp3) is 0.308. The largest absolute Gasteiger partial charge is 0.496 e. The molecule has 0 bridgehead atoms. The van der Waals surface area contributed by atoms with Crippen molar-refractivity contribution in [2.45, 2.75) is 20.8 Å². The second-order valence-corrected chi connectivity index (χ2v) is 9.97. The molecule has 4 heterocycles. The molecule has 1 aliphatic heterocycles. The third-order valence-corrected chi connectivity index (χ3v) is 7.37. The molecule has 3 aromatic heterocycles. The molecule has 0 atom stereocenters. The van der Waals surface area contributed by atoms with Crippen LogP contribution in [0.1, 0.15) is 36.9 Å². The SMILES string of the molecule is COc1cc(C(=O)N2CCN(C(=O)c3cc(-c4ccc(C)s4)nc4onc(C)c34)CC2)ccc1C. The molecule has 4 aromatic rings. The number of hydrogen-bond donors (Lipinski definition) is 0. The van der Waals surface area contributed by atoms with Crippen molar-refractivity contribution in [1.82, 2.24) is 19.9 Å². The van der Waals surface area contributed by atoms with Crippen molar-refractivity contribution in [3.8, 4) is 16.3 Å². The normalized spacial score (nSPS) is 13.9. The Morgan fingerprint density at radius 3 is 2.34 bits per heavy atom. The molecule has 0 unspecified atom stereocenters. The lowest BCUT2D eigenvalue weighted by Gasteiger charge is -2.35. The number of carbonyl (C=O) groups excluding carboxylic acids is 2. The standard InChI is InChI=1S/C26H26N4O4S/c1-15-5-7-18(13-21(15)33-4)25(31)29-9-11-30(12-10-29)26(32)19-14-20(22-8-6-16(2)35-22)27-24-23(19)17(3)28-34-24/h5-8,13-14H,9-12H2,1-4H3. The highest BCUT2D eigenvalue weighted by atomic mass is 32.1. The number of piperazine rings is 1. The topological polar surface area (TPSA) is 88.8 Å². The first-order chi connectivity index (χ1) is 16.9. The fourth-order valence-electron chi connectivity index (χ4n) is 4.38. The maximum Gasteiger partial charge on any atom is 0.259 e. The van der Waals surface area contributed by atoms with Crippen molar-refractivity contribution in [3.05, 3.63) is 63.7 Å². The Kier molecular flexibility index (Phi) is 6.02. The smallest absolute Gasteiger partial charge is 0.259 e. The van der Waals surface area contributed by atoms with E-state index < -0.39 is 0 Å². The molecular weight excluding hydrogens is 464 g/mol. The number of pyridine rings is 1. The van der Waals surface area contributed by atoms with Gasteiger partial charge < -0.3 is 19.1 Å². The Labute approximate surface area is 207 Å². The summed E-state index contributed by atoms with van der Waals surface area (Å²) >= 11 is 1.61. The number of hydrogen-bond acceptors (Lipinski definition) is 7. The Morgan fingerprint density at radius 2 is 1.69 bits per heavy atom. The molecule has 2 amide bonds. The third kappa shape index (κ3) is 4.27. The van der Waals surface area contributed by atoms with Gasteiger partial charge in [0, 0.05) is 36.6 Å². The molecule has 0 radical (unpaired) electrons. The number of rotatable bonds is 4. The molecule has 0 N–H and O–H groups in total. The minimum Gasteiger partial charge on any atom is -0.496 e. The Bertz CT molecular complexity index is 1430. The quantitative estimate of drug-likeness (QED) is 0.419. The van der Waals surface area contributed by atoms with Crippen molar-refractivity contribution in [1.29, 1.82) is 0 Å². The van der Waals surface area contributed by atoms with Crippen molar-refractivity contribution in [2.24, 2.45) is 0 Å². The number of nitrogens with zero attached hydrogens (tertiary/aromatic N) is 4. The van der Waals surface area contributed by atoms with Gasteiger partial charge in [0.15, 0.2) is 0 Å². The van der Waals surface area contributed by atoms with Crippen molar-refractivity contribution >= 4 is 34.3 Å². The maximum atomic E-state index is 13.6. The number of fused-ring (bicyclic) bond motifs is 1. The van der Waals surface area contributed by atoms with Crippen LogP contribution in [0.25, 0.3) is 21.7 Å². The number of amides is 2. The molecule has 5 rings (SSSR count). The van der Waals surface area contributed by atoms with Crippen LogP contribution in [0.4, 0.5) is 0 Å². The second-order valence-electron chi connectivity index (χ2n) is 8.68. The van der Waals surface area contributed by atoms with Gasteiger partial charge in [-0.15, -0.1) is 11.3 Å². The first-order valence-corrected chi connectivity index (χ1v) is 12.2. The van der Waals surface area contributed by atoms with E-state index in [1.54, 1.807) is 34.3 Å². The number of benzene rings is 1. The zero-order chi connectivity index (χ0) is 24.7. The van der Waals surface area contributed by atoms with Crippen LogP contribution in [0.5, 0.6) is 5.75 Å². The lowest BCUT2D eigenvalue weighted by molar-refractivity contribution is 0.0536. The summed E-state index contributed by atoms with van der Waals surface area (Å²) in [4.78, 5) is 37.0. The van der Waals surface area contributed by atoms with E-state index in [9.17, 15) is 9.59 Å². The number of aryl methyl sites for hydroxylation is 3. The highest BCUT2D eigenvalue weighted by Gasteiger charge is 2.28. The van der Waals surface area contributed by atoms with Crippen LogP contribution >= 0.6 is 11.3 Å².